The Bertz CT molecular complexity index is 493. The molecule has 5 nitrogen and oxygen atoms in total. The van der Waals surface area contributed by atoms with E-state index in [0.29, 0.717) is 12.5 Å². The van der Waals surface area contributed by atoms with Gasteiger partial charge in [0.25, 0.3) is 0 Å². The highest BCUT2D eigenvalue weighted by Crippen LogP contribution is 2.21. The Hall–Kier alpha value is -1.59. The van der Waals surface area contributed by atoms with Gasteiger partial charge in [-0.1, -0.05) is 6.07 Å². The van der Waals surface area contributed by atoms with E-state index in [1.165, 1.54) is 5.69 Å². The van der Waals surface area contributed by atoms with Crippen LogP contribution in [0.5, 0.6) is 0 Å². The molecule has 1 aromatic rings. The van der Waals surface area contributed by atoms with E-state index in [4.69, 9.17) is 5.73 Å². The van der Waals surface area contributed by atoms with Gasteiger partial charge in [-0.3, -0.25) is 9.69 Å². The Kier molecular flexibility index (Phi) is 5.80. The topological polar surface area (TPSA) is 61.6 Å². The smallest absolute Gasteiger partial charge is 0.225 e. The van der Waals surface area contributed by atoms with Crippen LogP contribution >= 0.6 is 0 Å². The maximum Gasteiger partial charge on any atom is 0.225 e. The minimum absolute atomic E-state index is 0.0308. The average molecular weight is 304 g/mol. The summed E-state index contributed by atoms with van der Waals surface area (Å²) in [5, 5.41) is 2.92. The van der Waals surface area contributed by atoms with Crippen molar-refractivity contribution in [3.8, 4) is 0 Å². The van der Waals surface area contributed by atoms with Gasteiger partial charge in [-0.15, -0.1) is 0 Å². The van der Waals surface area contributed by atoms with Crippen molar-refractivity contribution in [3.63, 3.8) is 0 Å². The van der Waals surface area contributed by atoms with Crippen LogP contribution in [0.15, 0.2) is 24.3 Å². The second-order valence-corrected chi connectivity index (χ2v) is 6.40. The fourth-order valence-corrected chi connectivity index (χ4v) is 2.78. The second kappa shape index (κ2) is 7.61. The third-order valence-electron chi connectivity index (χ3n) is 4.05. The molecule has 1 saturated heterocycles. The third kappa shape index (κ3) is 4.71. The van der Waals surface area contributed by atoms with E-state index < -0.39 is 0 Å². The molecule has 1 aromatic carbocycles. The van der Waals surface area contributed by atoms with Crippen LogP contribution in [0.3, 0.4) is 0 Å². The molecule has 1 amide bonds. The van der Waals surface area contributed by atoms with Gasteiger partial charge in [-0.05, 0) is 39.0 Å². The van der Waals surface area contributed by atoms with Crippen molar-refractivity contribution in [3.05, 3.63) is 24.3 Å². The largest absolute Gasteiger partial charge is 0.369 e. The fourth-order valence-electron chi connectivity index (χ4n) is 2.78. The molecule has 1 fully saturated rings. The summed E-state index contributed by atoms with van der Waals surface area (Å²) in [6, 6.07) is 8.55. The van der Waals surface area contributed by atoms with E-state index in [-0.39, 0.29) is 11.9 Å². The highest BCUT2D eigenvalue weighted by Gasteiger charge is 2.19. The summed E-state index contributed by atoms with van der Waals surface area (Å²) in [4.78, 5) is 16.7. The number of benzene rings is 1. The summed E-state index contributed by atoms with van der Waals surface area (Å²) < 4.78 is 0. The number of hydrogen-bond acceptors (Lipinski definition) is 4. The van der Waals surface area contributed by atoms with Crippen molar-refractivity contribution in [2.24, 2.45) is 5.73 Å². The number of carbonyl (C=O) groups is 1. The van der Waals surface area contributed by atoms with Gasteiger partial charge in [-0.25, -0.2) is 0 Å². The molecule has 2 rings (SSSR count). The van der Waals surface area contributed by atoms with Gasteiger partial charge < -0.3 is 16.0 Å². The van der Waals surface area contributed by atoms with E-state index in [1.54, 1.807) is 0 Å². The minimum Gasteiger partial charge on any atom is -0.369 e. The van der Waals surface area contributed by atoms with Gasteiger partial charge >= 0.3 is 0 Å². The Labute approximate surface area is 133 Å². The molecule has 5 heteroatoms. The molecule has 0 bridgehead atoms. The van der Waals surface area contributed by atoms with E-state index in [9.17, 15) is 4.79 Å². The van der Waals surface area contributed by atoms with E-state index >= 15 is 0 Å². The lowest BCUT2D eigenvalue weighted by Crippen LogP contribution is -2.48. The monoisotopic (exact) mass is 304 g/mol. The van der Waals surface area contributed by atoms with E-state index in [2.05, 4.69) is 35.0 Å². The van der Waals surface area contributed by atoms with Crippen LogP contribution in [0.4, 0.5) is 11.4 Å². The molecule has 1 unspecified atom stereocenters. The Morgan fingerprint density at radius 3 is 2.50 bits per heavy atom. The second-order valence-electron chi connectivity index (χ2n) is 6.40. The van der Waals surface area contributed by atoms with Gasteiger partial charge in [0.15, 0.2) is 0 Å². The minimum atomic E-state index is -0.118. The number of carbonyl (C=O) groups excluding carboxylic acids is 1. The van der Waals surface area contributed by atoms with Gasteiger partial charge in [0.2, 0.25) is 5.91 Å². The summed E-state index contributed by atoms with van der Waals surface area (Å²) in [5.41, 5.74) is 7.67. The first-order valence-electron chi connectivity index (χ1n) is 8.10. The Balaban J connectivity index is 1.96. The van der Waals surface area contributed by atoms with Gasteiger partial charge in [0.05, 0.1) is 0 Å². The Morgan fingerprint density at radius 1 is 1.23 bits per heavy atom. The quantitative estimate of drug-likeness (QED) is 0.872. The normalized spacial score (nSPS) is 17.6. The summed E-state index contributed by atoms with van der Waals surface area (Å²) >= 11 is 0. The molecule has 1 atom stereocenters. The van der Waals surface area contributed by atoms with Gasteiger partial charge in [0, 0.05) is 56.1 Å². The van der Waals surface area contributed by atoms with Gasteiger partial charge in [-0.2, -0.15) is 0 Å². The molecule has 1 heterocycles. The first kappa shape index (κ1) is 16.8. The number of nitrogens with zero attached hydrogens (tertiary/aromatic N) is 2. The number of amides is 1. The average Bonchev–Trinajstić information content (AvgIpc) is 2.46. The van der Waals surface area contributed by atoms with Crippen LogP contribution < -0.4 is 16.0 Å². The lowest BCUT2D eigenvalue weighted by Gasteiger charge is -2.38. The molecule has 22 heavy (non-hydrogen) atoms. The summed E-state index contributed by atoms with van der Waals surface area (Å²) in [5.74, 6) is -0.0308. The van der Waals surface area contributed by atoms with Crippen molar-refractivity contribution in [2.45, 2.75) is 39.3 Å². The molecular formula is C17H28N4O. The number of nitrogens with two attached hydrogens (primary N) is 1. The van der Waals surface area contributed by atoms with Crippen molar-refractivity contribution < 1.29 is 4.79 Å². The molecule has 1 aliphatic rings. The van der Waals surface area contributed by atoms with Crippen molar-refractivity contribution in [1.82, 2.24) is 4.90 Å². The van der Waals surface area contributed by atoms with Crippen LogP contribution in [0.2, 0.25) is 0 Å². The summed E-state index contributed by atoms with van der Waals surface area (Å²) in [6.07, 6.45) is 0.345. The predicted octanol–water partition coefficient (Wildman–Crippen LogP) is 1.89. The Morgan fingerprint density at radius 2 is 1.91 bits per heavy atom. The van der Waals surface area contributed by atoms with Crippen molar-refractivity contribution in [1.29, 1.82) is 0 Å². The lowest BCUT2D eigenvalue weighted by atomic mass is 10.2. The molecule has 0 saturated carbocycles. The maximum absolute atomic E-state index is 11.8. The number of nitrogens with one attached hydrogen (secondary N) is 1. The van der Waals surface area contributed by atoms with Gasteiger partial charge in [0.1, 0.15) is 0 Å². The van der Waals surface area contributed by atoms with E-state index in [0.717, 1.165) is 31.9 Å². The fraction of sp³-hybridized carbons (Fsp3) is 0.588. The third-order valence-corrected chi connectivity index (χ3v) is 4.05. The first-order chi connectivity index (χ1) is 10.5. The van der Waals surface area contributed by atoms with Crippen molar-refractivity contribution in [2.75, 3.05) is 36.4 Å². The zero-order valence-electron chi connectivity index (χ0n) is 13.9. The molecule has 122 valence electrons. The van der Waals surface area contributed by atoms with Crippen LogP contribution in [-0.4, -0.2) is 49.1 Å². The van der Waals surface area contributed by atoms with E-state index in [1.807, 2.05) is 25.1 Å². The standard InChI is InChI=1S/C17H28N4O/c1-13(2)20-7-9-21(10-8-20)16-6-4-5-15(12-16)19-17(22)11-14(3)18/h4-6,12-14H,7-11,18H2,1-3H3,(H,19,22). The van der Waals surface area contributed by atoms with Crippen LogP contribution in [0.1, 0.15) is 27.2 Å². The summed E-state index contributed by atoms with van der Waals surface area (Å²) in [6.45, 7) is 10.5. The zero-order valence-corrected chi connectivity index (χ0v) is 13.9. The molecule has 0 aliphatic carbocycles. The molecule has 3 N–H and O–H groups in total. The maximum atomic E-state index is 11.8. The number of hydrogen-bond donors (Lipinski definition) is 2. The molecule has 0 spiro atoms. The number of piperazine rings is 1. The SMILES string of the molecule is CC(N)CC(=O)Nc1cccc(N2CCN(C(C)C)CC2)c1. The molecule has 0 radical (unpaired) electrons. The van der Waals surface area contributed by atoms with Crippen molar-refractivity contribution >= 4 is 17.3 Å². The number of rotatable bonds is 5. The first-order valence-corrected chi connectivity index (χ1v) is 8.10. The summed E-state index contributed by atoms with van der Waals surface area (Å²) in [7, 11) is 0. The zero-order chi connectivity index (χ0) is 16.1. The molecule has 0 aromatic heterocycles. The molecule has 1 aliphatic heterocycles. The predicted molar refractivity (Wildman–Crippen MR) is 92.3 cm³/mol. The van der Waals surface area contributed by atoms with Crippen LogP contribution in [0.25, 0.3) is 0 Å². The van der Waals surface area contributed by atoms with Crippen LogP contribution in [0, 0.1) is 0 Å². The highest BCUT2D eigenvalue weighted by atomic mass is 16.1. The molecular weight excluding hydrogens is 276 g/mol. The highest BCUT2D eigenvalue weighted by molar-refractivity contribution is 5.91. The lowest BCUT2D eigenvalue weighted by molar-refractivity contribution is -0.116. The van der Waals surface area contributed by atoms with Crippen LogP contribution in [-0.2, 0) is 4.79 Å². The number of anilines is 2.